The van der Waals surface area contributed by atoms with E-state index >= 15 is 0 Å². The number of nitrogens with two attached hydrogens (primary N) is 1. The Kier molecular flexibility index (Phi) is 5.14. The van der Waals surface area contributed by atoms with Crippen molar-refractivity contribution in [2.24, 2.45) is 17.1 Å². The molecule has 1 heterocycles. The van der Waals surface area contributed by atoms with Gasteiger partial charge in [-0.2, -0.15) is 0 Å². The largest absolute Gasteiger partial charge is 0.380 e. The van der Waals surface area contributed by atoms with Crippen molar-refractivity contribution in [2.75, 3.05) is 26.8 Å². The lowest BCUT2D eigenvalue weighted by atomic mass is 9.65. The molecule has 2 rings (SSSR count). The van der Waals surface area contributed by atoms with Crippen LogP contribution in [0.1, 0.15) is 59.3 Å². The normalized spacial score (nSPS) is 35.7. The monoisotopic (exact) mass is 282 g/mol. The predicted molar refractivity (Wildman–Crippen MR) is 84.8 cm³/mol. The highest BCUT2D eigenvalue weighted by atomic mass is 16.5. The fraction of sp³-hybridized carbons (Fsp3) is 1.00. The fourth-order valence-corrected chi connectivity index (χ4v) is 4.14. The summed E-state index contributed by atoms with van der Waals surface area (Å²) >= 11 is 0. The second-order valence-electron chi connectivity index (χ2n) is 7.67. The summed E-state index contributed by atoms with van der Waals surface area (Å²) in [5.74, 6) is 0.861. The van der Waals surface area contributed by atoms with Gasteiger partial charge in [0.15, 0.2) is 0 Å². The van der Waals surface area contributed by atoms with E-state index in [9.17, 15) is 0 Å². The molecule has 0 aromatic carbocycles. The third-order valence-electron chi connectivity index (χ3n) is 6.51. The molecule has 1 unspecified atom stereocenters. The molecule has 20 heavy (non-hydrogen) atoms. The quantitative estimate of drug-likeness (QED) is 0.842. The molecule has 3 nitrogen and oxygen atoms in total. The van der Waals surface area contributed by atoms with Gasteiger partial charge in [0.2, 0.25) is 0 Å². The summed E-state index contributed by atoms with van der Waals surface area (Å²) in [6.07, 6.45) is 7.61. The first-order valence-corrected chi connectivity index (χ1v) is 8.46. The number of likely N-dealkylation sites (N-methyl/N-ethyl adjacent to an activating group) is 1. The van der Waals surface area contributed by atoms with Crippen LogP contribution in [0.5, 0.6) is 0 Å². The molecular weight excluding hydrogens is 248 g/mol. The number of ether oxygens (including phenoxy) is 1. The molecule has 0 aromatic rings. The lowest BCUT2D eigenvalue weighted by Gasteiger charge is -2.50. The van der Waals surface area contributed by atoms with Crippen molar-refractivity contribution in [1.82, 2.24) is 4.90 Å². The van der Waals surface area contributed by atoms with Crippen molar-refractivity contribution in [3.05, 3.63) is 0 Å². The maximum absolute atomic E-state index is 6.21. The molecular formula is C17H34N2O. The van der Waals surface area contributed by atoms with Gasteiger partial charge in [-0.05, 0) is 50.5 Å². The number of nitrogens with zero attached hydrogens (tertiary/aromatic N) is 1. The third kappa shape index (κ3) is 3.05. The highest BCUT2D eigenvalue weighted by Crippen LogP contribution is 2.45. The summed E-state index contributed by atoms with van der Waals surface area (Å²) in [7, 11) is 2.28. The lowest BCUT2D eigenvalue weighted by Crippen LogP contribution is -2.58. The molecule has 0 radical (unpaired) electrons. The second-order valence-corrected chi connectivity index (χ2v) is 7.67. The van der Waals surface area contributed by atoms with E-state index in [0.29, 0.717) is 11.5 Å². The third-order valence-corrected chi connectivity index (χ3v) is 6.51. The van der Waals surface area contributed by atoms with Crippen molar-refractivity contribution in [2.45, 2.75) is 70.9 Å². The van der Waals surface area contributed by atoms with Gasteiger partial charge in [-0.3, -0.25) is 4.90 Å². The van der Waals surface area contributed by atoms with E-state index < -0.39 is 0 Å². The summed E-state index contributed by atoms with van der Waals surface area (Å²) < 4.78 is 5.57. The van der Waals surface area contributed by atoms with Crippen LogP contribution in [0.2, 0.25) is 0 Å². The van der Waals surface area contributed by atoms with Gasteiger partial charge in [0.1, 0.15) is 0 Å². The van der Waals surface area contributed by atoms with Crippen LogP contribution in [0.4, 0.5) is 0 Å². The van der Waals surface area contributed by atoms with Gasteiger partial charge < -0.3 is 10.5 Å². The molecule has 0 amide bonds. The summed E-state index contributed by atoms with van der Waals surface area (Å²) in [6, 6.07) is 0.578. The molecule has 0 aromatic heterocycles. The van der Waals surface area contributed by atoms with Gasteiger partial charge in [0.25, 0.3) is 0 Å². The second kappa shape index (κ2) is 6.33. The van der Waals surface area contributed by atoms with Crippen LogP contribution in [-0.2, 0) is 4.74 Å². The van der Waals surface area contributed by atoms with E-state index in [2.05, 4.69) is 32.7 Å². The Hall–Kier alpha value is -0.120. The molecule has 118 valence electrons. The SMILES string of the molecule is CCC(C)(C)C1CCC(CN)(N(C)C2CCOC2)CC1. The zero-order valence-corrected chi connectivity index (χ0v) is 14.0. The Balaban J connectivity index is 2.00. The van der Waals surface area contributed by atoms with E-state index in [1.807, 2.05) is 0 Å². The molecule has 2 fully saturated rings. The molecule has 0 spiro atoms. The minimum absolute atomic E-state index is 0.221. The molecule has 1 saturated carbocycles. The van der Waals surface area contributed by atoms with E-state index in [1.54, 1.807) is 0 Å². The van der Waals surface area contributed by atoms with E-state index in [4.69, 9.17) is 10.5 Å². The number of rotatable bonds is 5. The minimum Gasteiger partial charge on any atom is -0.380 e. The molecule has 1 saturated heterocycles. The zero-order chi connectivity index (χ0) is 14.8. The van der Waals surface area contributed by atoms with E-state index in [1.165, 1.54) is 38.5 Å². The van der Waals surface area contributed by atoms with E-state index in [0.717, 1.165) is 25.7 Å². The molecule has 2 aliphatic rings. The Morgan fingerprint density at radius 1 is 1.25 bits per heavy atom. The lowest BCUT2D eigenvalue weighted by molar-refractivity contribution is 0.00479. The van der Waals surface area contributed by atoms with Crippen LogP contribution in [0.3, 0.4) is 0 Å². The number of hydrogen-bond donors (Lipinski definition) is 1. The van der Waals surface area contributed by atoms with Crippen LogP contribution < -0.4 is 5.73 Å². The van der Waals surface area contributed by atoms with E-state index in [-0.39, 0.29) is 5.54 Å². The van der Waals surface area contributed by atoms with Crippen LogP contribution in [-0.4, -0.2) is 43.3 Å². The first-order chi connectivity index (χ1) is 9.45. The first-order valence-electron chi connectivity index (χ1n) is 8.46. The average molecular weight is 282 g/mol. The molecule has 1 atom stereocenters. The van der Waals surface area contributed by atoms with Crippen LogP contribution in [0.25, 0.3) is 0 Å². The summed E-state index contributed by atoms with van der Waals surface area (Å²) in [5, 5.41) is 0. The molecule has 3 heteroatoms. The molecule has 1 aliphatic carbocycles. The predicted octanol–water partition coefficient (Wildman–Crippen LogP) is 3.03. The summed E-state index contributed by atoms with van der Waals surface area (Å²) in [5.41, 5.74) is 6.91. The van der Waals surface area contributed by atoms with Crippen molar-refractivity contribution in [3.8, 4) is 0 Å². The highest BCUT2D eigenvalue weighted by Gasteiger charge is 2.43. The van der Waals surface area contributed by atoms with Crippen molar-refractivity contribution in [1.29, 1.82) is 0 Å². The van der Waals surface area contributed by atoms with Gasteiger partial charge in [-0.1, -0.05) is 27.2 Å². The summed E-state index contributed by atoms with van der Waals surface area (Å²) in [6.45, 7) is 9.79. The van der Waals surface area contributed by atoms with Gasteiger partial charge in [0, 0.05) is 24.7 Å². The zero-order valence-electron chi connectivity index (χ0n) is 14.0. The Morgan fingerprint density at radius 2 is 1.90 bits per heavy atom. The Labute approximate surface area is 125 Å². The Morgan fingerprint density at radius 3 is 2.35 bits per heavy atom. The van der Waals surface area contributed by atoms with Crippen LogP contribution in [0, 0.1) is 11.3 Å². The maximum atomic E-state index is 6.21. The molecule has 0 bridgehead atoms. The van der Waals surface area contributed by atoms with Crippen molar-refractivity contribution < 1.29 is 4.74 Å². The van der Waals surface area contributed by atoms with Gasteiger partial charge in [0.05, 0.1) is 6.61 Å². The van der Waals surface area contributed by atoms with Crippen LogP contribution in [0.15, 0.2) is 0 Å². The minimum atomic E-state index is 0.221. The van der Waals surface area contributed by atoms with Crippen LogP contribution >= 0.6 is 0 Å². The van der Waals surface area contributed by atoms with Gasteiger partial charge in [-0.15, -0.1) is 0 Å². The first kappa shape index (κ1) is 16.3. The maximum Gasteiger partial charge on any atom is 0.0622 e. The molecule has 1 aliphatic heterocycles. The average Bonchev–Trinajstić information content (AvgIpc) is 3.00. The van der Waals surface area contributed by atoms with Gasteiger partial charge >= 0.3 is 0 Å². The number of hydrogen-bond acceptors (Lipinski definition) is 3. The van der Waals surface area contributed by atoms with Crippen molar-refractivity contribution in [3.63, 3.8) is 0 Å². The Bertz CT molecular complexity index is 302. The fourth-order valence-electron chi connectivity index (χ4n) is 4.14. The van der Waals surface area contributed by atoms with Crippen molar-refractivity contribution >= 4 is 0 Å². The molecule has 2 N–H and O–H groups in total. The smallest absolute Gasteiger partial charge is 0.0622 e. The standard InChI is InChI=1S/C17H34N2O/c1-5-16(2,3)14-6-9-17(13-18,10-7-14)19(4)15-8-11-20-12-15/h14-15H,5-13,18H2,1-4H3. The topological polar surface area (TPSA) is 38.5 Å². The highest BCUT2D eigenvalue weighted by molar-refractivity contribution is 4.99. The van der Waals surface area contributed by atoms with Gasteiger partial charge in [-0.25, -0.2) is 0 Å². The summed E-state index contributed by atoms with van der Waals surface area (Å²) in [4.78, 5) is 2.56.